The van der Waals surface area contributed by atoms with E-state index < -0.39 is 40.0 Å². The van der Waals surface area contributed by atoms with Crippen LogP contribution in [-0.4, -0.2) is 53.1 Å². The molecule has 3 atom stereocenters. The quantitative estimate of drug-likeness (QED) is 0.101. The standard InChI is InChI=1S/C26H47NO6S/c1-3-5-7-9-11-13-15-17-19-21-25(29)26(30)27-23(22-34(31,32)33)24(28)20-18-16-14-12-10-8-6-4-2/h9-12,18,20,23-25,28-29H,3-8,13-17,19,21-22H2,1-2H3,(H,27,30)(H,31,32,33)/b11-9-,12-10+,20-18+. The Morgan fingerprint density at radius 1 is 0.794 bits per heavy atom. The Balaban J connectivity index is 4.49. The Kier molecular flexibility index (Phi) is 19.9. The lowest BCUT2D eigenvalue weighted by atomic mass is 10.1. The molecule has 198 valence electrons. The summed E-state index contributed by atoms with van der Waals surface area (Å²) in [5.74, 6) is -1.59. The number of hydrogen-bond donors (Lipinski definition) is 4. The predicted molar refractivity (Wildman–Crippen MR) is 139 cm³/mol. The summed E-state index contributed by atoms with van der Waals surface area (Å²) in [4.78, 5) is 12.3. The predicted octanol–water partition coefficient (Wildman–Crippen LogP) is 4.86. The first-order valence-electron chi connectivity index (χ1n) is 12.8. The van der Waals surface area contributed by atoms with Gasteiger partial charge in [-0.3, -0.25) is 9.35 Å². The molecule has 4 N–H and O–H groups in total. The molecule has 8 heteroatoms. The first-order valence-corrected chi connectivity index (χ1v) is 14.4. The van der Waals surface area contributed by atoms with Crippen LogP contribution in [0.25, 0.3) is 0 Å². The molecule has 0 heterocycles. The number of rotatable bonds is 21. The lowest BCUT2D eigenvalue weighted by Crippen LogP contribution is -2.50. The van der Waals surface area contributed by atoms with Gasteiger partial charge < -0.3 is 15.5 Å². The molecular weight excluding hydrogens is 454 g/mol. The molecule has 3 unspecified atom stereocenters. The van der Waals surface area contributed by atoms with Crippen LogP contribution in [0.15, 0.2) is 36.5 Å². The minimum absolute atomic E-state index is 0.250. The van der Waals surface area contributed by atoms with Gasteiger partial charge in [-0.15, -0.1) is 0 Å². The Hall–Kier alpha value is -1.48. The van der Waals surface area contributed by atoms with Crippen LogP contribution in [-0.2, 0) is 14.9 Å². The minimum Gasteiger partial charge on any atom is -0.387 e. The van der Waals surface area contributed by atoms with Gasteiger partial charge in [0.15, 0.2) is 0 Å². The molecule has 0 aromatic rings. The summed E-state index contributed by atoms with van der Waals surface area (Å²) in [6.45, 7) is 4.29. The molecule has 0 saturated heterocycles. The van der Waals surface area contributed by atoms with E-state index in [1.165, 1.54) is 18.9 Å². The second-order valence-electron chi connectivity index (χ2n) is 8.74. The van der Waals surface area contributed by atoms with Crippen LogP contribution in [0.4, 0.5) is 0 Å². The first kappa shape index (κ1) is 32.5. The zero-order valence-electron chi connectivity index (χ0n) is 21.1. The lowest BCUT2D eigenvalue weighted by Gasteiger charge is -2.22. The molecule has 0 fully saturated rings. The van der Waals surface area contributed by atoms with Crippen LogP contribution in [0.5, 0.6) is 0 Å². The highest BCUT2D eigenvalue weighted by Gasteiger charge is 2.27. The van der Waals surface area contributed by atoms with Crippen LogP contribution < -0.4 is 5.32 Å². The largest absolute Gasteiger partial charge is 0.387 e. The highest BCUT2D eigenvalue weighted by Crippen LogP contribution is 2.09. The van der Waals surface area contributed by atoms with Crippen molar-refractivity contribution in [2.75, 3.05) is 5.75 Å². The van der Waals surface area contributed by atoms with Crippen LogP contribution in [0, 0.1) is 0 Å². The van der Waals surface area contributed by atoms with E-state index in [0.717, 1.165) is 51.4 Å². The molecule has 0 spiro atoms. The Morgan fingerprint density at radius 2 is 1.32 bits per heavy atom. The molecule has 0 radical (unpaired) electrons. The van der Waals surface area contributed by atoms with E-state index >= 15 is 0 Å². The van der Waals surface area contributed by atoms with E-state index in [4.69, 9.17) is 0 Å². The van der Waals surface area contributed by atoms with Crippen molar-refractivity contribution >= 4 is 16.0 Å². The van der Waals surface area contributed by atoms with E-state index in [0.29, 0.717) is 12.8 Å². The Morgan fingerprint density at radius 3 is 1.88 bits per heavy atom. The van der Waals surface area contributed by atoms with Gasteiger partial charge in [0.25, 0.3) is 10.1 Å². The number of nitrogens with one attached hydrogen (secondary N) is 1. The van der Waals surface area contributed by atoms with Crippen molar-refractivity contribution < 1.29 is 28.0 Å². The second kappa shape index (κ2) is 20.9. The average molecular weight is 502 g/mol. The number of aliphatic hydroxyl groups excluding tert-OH is 2. The van der Waals surface area contributed by atoms with E-state index in [1.54, 1.807) is 6.08 Å². The number of unbranched alkanes of at least 4 members (excludes halogenated alkanes) is 8. The molecule has 34 heavy (non-hydrogen) atoms. The van der Waals surface area contributed by atoms with E-state index in [1.807, 2.05) is 0 Å². The van der Waals surface area contributed by atoms with Crippen LogP contribution >= 0.6 is 0 Å². The van der Waals surface area contributed by atoms with Crippen molar-refractivity contribution in [1.29, 1.82) is 0 Å². The average Bonchev–Trinajstić information content (AvgIpc) is 2.78. The van der Waals surface area contributed by atoms with Crippen molar-refractivity contribution in [2.45, 2.75) is 116 Å². The summed E-state index contributed by atoms with van der Waals surface area (Å²) in [6, 6.07) is -1.25. The second-order valence-corrected chi connectivity index (χ2v) is 10.2. The fourth-order valence-corrected chi connectivity index (χ4v) is 4.05. The molecule has 0 bridgehead atoms. The van der Waals surface area contributed by atoms with Crippen molar-refractivity contribution in [1.82, 2.24) is 5.32 Å². The van der Waals surface area contributed by atoms with Crippen molar-refractivity contribution in [3.05, 3.63) is 36.5 Å². The van der Waals surface area contributed by atoms with Gasteiger partial charge in [0, 0.05) is 0 Å². The molecule has 0 rings (SSSR count). The molecule has 0 aliphatic carbocycles. The molecule has 0 aromatic carbocycles. The zero-order valence-corrected chi connectivity index (χ0v) is 21.9. The van der Waals surface area contributed by atoms with Gasteiger partial charge in [-0.25, -0.2) is 0 Å². The van der Waals surface area contributed by atoms with Crippen LogP contribution in [0.3, 0.4) is 0 Å². The van der Waals surface area contributed by atoms with Gasteiger partial charge in [-0.1, -0.05) is 88.8 Å². The summed E-state index contributed by atoms with van der Waals surface area (Å²) in [5, 5.41) is 22.9. The lowest BCUT2D eigenvalue weighted by molar-refractivity contribution is -0.130. The van der Waals surface area contributed by atoms with Gasteiger partial charge in [-0.2, -0.15) is 8.42 Å². The third-order valence-corrected chi connectivity index (χ3v) is 6.18. The smallest absolute Gasteiger partial charge is 0.267 e. The maximum atomic E-state index is 12.3. The topological polar surface area (TPSA) is 124 Å². The third kappa shape index (κ3) is 19.9. The highest BCUT2D eigenvalue weighted by atomic mass is 32.2. The highest BCUT2D eigenvalue weighted by molar-refractivity contribution is 7.85. The van der Waals surface area contributed by atoms with Gasteiger partial charge in [0.2, 0.25) is 5.91 Å². The van der Waals surface area contributed by atoms with Gasteiger partial charge in [0.05, 0.1) is 17.9 Å². The van der Waals surface area contributed by atoms with E-state index in [2.05, 4.69) is 43.5 Å². The molecule has 7 nitrogen and oxygen atoms in total. The number of carbonyl (C=O) groups excluding carboxylic acids is 1. The van der Waals surface area contributed by atoms with Crippen molar-refractivity contribution in [3.8, 4) is 0 Å². The monoisotopic (exact) mass is 501 g/mol. The number of aliphatic hydroxyl groups is 2. The maximum Gasteiger partial charge on any atom is 0.267 e. The summed E-state index contributed by atoms with van der Waals surface area (Å²) in [5.41, 5.74) is 0. The van der Waals surface area contributed by atoms with Crippen molar-refractivity contribution in [2.24, 2.45) is 0 Å². The number of allylic oxidation sites excluding steroid dienone is 5. The SMILES string of the molecule is CCCC/C=C\CCCCCC(O)C(=O)NC(CS(=O)(=O)O)C(O)/C=C/CC/C=C/CCCC. The van der Waals surface area contributed by atoms with Crippen molar-refractivity contribution in [3.63, 3.8) is 0 Å². The minimum atomic E-state index is -4.43. The third-order valence-electron chi connectivity index (χ3n) is 5.40. The van der Waals surface area contributed by atoms with Crippen LogP contribution in [0.2, 0.25) is 0 Å². The number of carbonyl (C=O) groups is 1. The molecule has 0 aliphatic rings. The first-order chi connectivity index (χ1) is 16.2. The summed E-state index contributed by atoms with van der Waals surface area (Å²) >= 11 is 0. The maximum absolute atomic E-state index is 12.3. The zero-order chi connectivity index (χ0) is 25.7. The molecule has 1 amide bonds. The van der Waals surface area contributed by atoms with Crippen LogP contribution in [0.1, 0.15) is 97.3 Å². The Labute approximate surface area is 207 Å². The summed E-state index contributed by atoms with van der Waals surface area (Å²) in [6.07, 6.45) is 21.0. The molecule has 0 aliphatic heterocycles. The van der Waals surface area contributed by atoms with Gasteiger partial charge in [0.1, 0.15) is 6.10 Å². The fraction of sp³-hybridized carbons (Fsp3) is 0.731. The fourth-order valence-electron chi connectivity index (χ4n) is 3.32. The molecule has 0 saturated carbocycles. The molecule has 0 aromatic heterocycles. The summed E-state index contributed by atoms with van der Waals surface area (Å²) < 4.78 is 31.9. The Bertz CT molecular complexity index is 702. The normalized spacial score (nSPS) is 15.3. The molecular formula is C26H47NO6S. The van der Waals surface area contributed by atoms with E-state index in [9.17, 15) is 28.0 Å². The number of amides is 1. The van der Waals surface area contributed by atoms with Gasteiger partial charge >= 0.3 is 0 Å². The van der Waals surface area contributed by atoms with Gasteiger partial charge in [-0.05, 0) is 44.9 Å². The summed E-state index contributed by atoms with van der Waals surface area (Å²) in [7, 11) is -4.43. The van der Waals surface area contributed by atoms with E-state index in [-0.39, 0.29) is 6.42 Å². The number of hydrogen-bond acceptors (Lipinski definition) is 5.